The second-order valence-electron chi connectivity index (χ2n) is 4.36. The maximum absolute atomic E-state index is 12.0. The molecule has 1 saturated heterocycles. The van der Waals surface area contributed by atoms with Crippen LogP contribution in [-0.2, 0) is 0 Å². The van der Waals surface area contributed by atoms with Gasteiger partial charge in [-0.15, -0.1) is 0 Å². The molecular formula is C13H18ClN3O. The lowest BCUT2D eigenvalue weighted by molar-refractivity contribution is 0.151. The van der Waals surface area contributed by atoms with Crippen LogP contribution in [0.2, 0.25) is 5.02 Å². The van der Waals surface area contributed by atoms with E-state index in [1.807, 2.05) is 17.0 Å². The Morgan fingerprint density at radius 2 is 1.83 bits per heavy atom. The molecule has 1 aliphatic heterocycles. The van der Waals surface area contributed by atoms with Crippen molar-refractivity contribution in [2.75, 3.05) is 38.0 Å². The summed E-state index contributed by atoms with van der Waals surface area (Å²) in [7, 11) is 0. The van der Waals surface area contributed by atoms with Crippen LogP contribution in [0.25, 0.3) is 0 Å². The number of carbonyl (C=O) groups excluding carboxylic acids is 1. The van der Waals surface area contributed by atoms with Gasteiger partial charge in [-0.1, -0.05) is 18.5 Å². The van der Waals surface area contributed by atoms with Gasteiger partial charge in [0.1, 0.15) is 0 Å². The number of anilines is 1. The number of benzene rings is 1. The van der Waals surface area contributed by atoms with E-state index in [4.69, 9.17) is 11.6 Å². The molecule has 0 aliphatic carbocycles. The van der Waals surface area contributed by atoms with Crippen molar-refractivity contribution in [2.45, 2.75) is 6.92 Å². The molecular weight excluding hydrogens is 250 g/mol. The molecule has 1 fully saturated rings. The molecule has 0 spiro atoms. The van der Waals surface area contributed by atoms with Crippen molar-refractivity contribution in [2.24, 2.45) is 0 Å². The van der Waals surface area contributed by atoms with E-state index in [1.54, 1.807) is 12.1 Å². The van der Waals surface area contributed by atoms with E-state index in [1.165, 1.54) is 0 Å². The van der Waals surface area contributed by atoms with Crippen LogP contribution >= 0.6 is 11.6 Å². The van der Waals surface area contributed by atoms with Crippen LogP contribution in [0, 0.1) is 0 Å². The van der Waals surface area contributed by atoms with E-state index in [2.05, 4.69) is 17.1 Å². The molecule has 2 rings (SSSR count). The van der Waals surface area contributed by atoms with Gasteiger partial charge >= 0.3 is 6.03 Å². The smallest absolute Gasteiger partial charge is 0.321 e. The minimum Gasteiger partial charge on any atom is -0.322 e. The van der Waals surface area contributed by atoms with E-state index in [0.717, 1.165) is 38.4 Å². The van der Waals surface area contributed by atoms with Gasteiger partial charge in [0.25, 0.3) is 0 Å². The number of urea groups is 1. The first-order valence-corrected chi connectivity index (χ1v) is 6.60. The third-order valence-corrected chi connectivity index (χ3v) is 3.45. The van der Waals surface area contributed by atoms with Crippen molar-refractivity contribution >= 4 is 23.3 Å². The Balaban J connectivity index is 1.87. The SMILES string of the molecule is CCN1CCN(C(=O)Nc2ccc(Cl)cc2)CC1. The first-order valence-electron chi connectivity index (χ1n) is 6.23. The van der Waals surface area contributed by atoms with E-state index >= 15 is 0 Å². The summed E-state index contributed by atoms with van der Waals surface area (Å²) in [6.45, 7) is 6.66. The fourth-order valence-electron chi connectivity index (χ4n) is 2.00. The predicted molar refractivity (Wildman–Crippen MR) is 74.2 cm³/mol. The van der Waals surface area contributed by atoms with Gasteiger partial charge in [0.15, 0.2) is 0 Å². The highest BCUT2D eigenvalue weighted by molar-refractivity contribution is 6.30. The first kappa shape index (κ1) is 13.2. The van der Waals surface area contributed by atoms with Gasteiger partial charge in [-0.2, -0.15) is 0 Å². The van der Waals surface area contributed by atoms with Gasteiger partial charge in [0, 0.05) is 36.9 Å². The largest absolute Gasteiger partial charge is 0.322 e. The Kier molecular flexibility index (Phi) is 4.44. The molecule has 0 radical (unpaired) electrons. The van der Waals surface area contributed by atoms with E-state index in [0.29, 0.717) is 5.02 Å². The van der Waals surface area contributed by atoms with Crippen molar-refractivity contribution in [1.29, 1.82) is 0 Å². The van der Waals surface area contributed by atoms with Gasteiger partial charge in [0.05, 0.1) is 0 Å². The molecule has 0 atom stereocenters. The predicted octanol–water partition coefficient (Wildman–Crippen LogP) is 2.51. The number of halogens is 1. The second kappa shape index (κ2) is 6.07. The number of piperazine rings is 1. The minimum atomic E-state index is -0.0342. The molecule has 0 aromatic heterocycles. The number of hydrogen-bond donors (Lipinski definition) is 1. The van der Waals surface area contributed by atoms with Crippen LogP contribution in [0.4, 0.5) is 10.5 Å². The highest BCUT2D eigenvalue weighted by Gasteiger charge is 2.19. The van der Waals surface area contributed by atoms with Crippen LogP contribution in [0.1, 0.15) is 6.92 Å². The summed E-state index contributed by atoms with van der Waals surface area (Å²) in [5.74, 6) is 0. The van der Waals surface area contributed by atoms with E-state index < -0.39 is 0 Å². The number of nitrogens with zero attached hydrogens (tertiary/aromatic N) is 2. The summed E-state index contributed by atoms with van der Waals surface area (Å²) >= 11 is 5.80. The summed E-state index contributed by atoms with van der Waals surface area (Å²) in [5, 5.41) is 3.55. The third-order valence-electron chi connectivity index (χ3n) is 3.20. The van der Waals surface area contributed by atoms with Crippen molar-refractivity contribution in [1.82, 2.24) is 9.80 Å². The highest BCUT2D eigenvalue weighted by Crippen LogP contribution is 2.14. The maximum Gasteiger partial charge on any atom is 0.321 e. The highest BCUT2D eigenvalue weighted by atomic mass is 35.5. The quantitative estimate of drug-likeness (QED) is 0.894. The zero-order chi connectivity index (χ0) is 13.0. The molecule has 18 heavy (non-hydrogen) atoms. The molecule has 0 bridgehead atoms. The Morgan fingerprint density at radius 3 is 2.39 bits per heavy atom. The Bertz CT molecular complexity index is 399. The Labute approximate surface area is 113 Å². The standard InChI is InChI=1S/C13H18ClN3O/c1-2-16-7-9-17(10-8-16)13(18)15-12-5-3-11(14)4-6-12/h3-6H,2,7-10H2,1H3,(H,15,18). The maximum atomic E-state index is 12.0. The lowest BCUT2D eigenvalue weighted by Gasteiger charge is -2.33. The number of hydrogen-bond acceptors (Lipinski definition) is 2. The van der Waals surface area contributed by atoms with Crippen LogP contribution < -0.4 is 5.32 Å². The fraction of sp³-hybridized carbons (Fsp3) is 0.462. The van der Waals surface area contributed by atoms with Crippen molar-refractivity contribution in [3.8, 4) is 0 Å². The van der Waals surface area contributed by atoms with Crippen molar-refractivity contribution in [3.63, 3.8) is 0 Å². The fourth-order valence-corrected chi connectivity index (χ4v) is 2.13. The number of carbonyl (C=O) groups is 1. The molecule has 1 aromatic carbocycles. The minimum absolute atomic E-state index is 0.0342. The van der Waals surface area contributed by atoms with Crippen LogP contribution in [-0.4, -0.2) is 48.6 Å². The Morgan fingerprint density at radius 1 is 1.22 bits per heavy atom. The van der Waals surface area contributed by atoms with E-state index in [-0.39, 0.29) is 6.03 Å². The molecule has 1 heterocycles. The first-order chi connectivity index (χ1) is 8.69. The van der Waals surface area contributed by atoms with E-state index in [9.17, 15) is 4.79 Å². The summed E-state index contributed by atoms with van der Waals surface area (Å²) in [6, 6.07) is 7.12. The zero-order valence-corrected chi connectivity index (χ0v) is 11.3. The topological polar surface area (TPSA) is 35.6 Å². The molecule has 1 aromatic rings. The van der Waals surface area contributed by atoms with Crippen molar-refractivity contribution < 1.29 is 4.79 Å². The zero-order valence-electron chi connectivity index (χ0n) is 10.5. The summed E-state index contributed by atoms with van der Waals surface area (Å²) < 4.78 is 0. The Hall–Kier alpha value is -1.26. The molecule has 0 unspecified atom stereocenters. The van der Waals surface area contributed by atoms with Gasteiger partial charge in [-0.05, 0) is 30.8 Å². The number of rotatable bonds is 2. The van der Waals surface area contributed by atoms with Crippen molar-refractivity contribution in [3.05, 3.63) is 29.3 Å². The summed E-state index contributed by atoms with van der Waals surface area (Å²) in [4.78, 5) is 16.2. The average molecular weight is 268 g/mol. The normalized spacial score (nSPS) is 16.7. The lowest BCUT2D eigenvalue weighted by atomic mass is 10.3. The van der Waals surface area contributed by atoms with Crippen LogP contribution in [0.5, 0.6) is 0 Å². The second-order valence-corrected chi connectivity index (χ2v) is 4.79. The van der Waals surface area contributed by atoms with Gasteiger partial charge in [-0.25, -0.2) is 4.79 Å². The summed E-state index contributed by atoms with van der Waals surface area (Å²) in [6.07, 6.45) is 0. The van der Waals surface area contributed by atoms with Crippen LogP contribution in [0.15, 0.2) is 24.3 Å². The van der Waals surface area contributed by atoms with Crippen LogP contribution in [0.3, 0.4) is 0 Å². The van der Waals surface area contributed by atoms with Gasteiger partial charge in [0.2, 0.25) is 0 Å². The molecule has 1 N–H and O–H groups in total. The van der Waals surface area contributed by atoms with Gasteiger partial charge < -0.3 is 15.1 Å². The molecule has 98 valence electrons. The monoisotopic (exact) mass is 267 g/mol. The average Bonchev–Trinajstić information content (AvgIpc) is 2.41. The molecule has 0 saturated carbocycles. The molecule has 5 heteroatoms. The number of amides is 2. The summed E-state index contributed by atoms with van der Waals surface area (Å²) in [5.41, 5.74) is 0.780. The third kappa shape index (κ3) is 3.37. The number of likely N-dealkylation sites (N-methyl/N-ethyl adjacent to an activating group) is 1. The number of nitrogens with one attached hydrogen (secondary N) is 1. The molecule has 1 aliphatic rings. The van der Waals surface area contributed by atoms with Gasteiger partial charge in [-0.3, -0.25) is 0 Å². The molecule has 4 nitrogen and oxygen atoms in total. The molecule has 2 amide bonds. The lowest BCUT2D eigenvalue weighted by Crippen LogP contribution is -2.49.